The Balaban J connectivity index is 2.03. The zero-order chi connectivity index (χ0) is 18.6. The maximum absolute atomic E-state index is 13.5. The van der Waals surface area contributed by atoms with Crippen molar-refractivity contribution in [1.82, 2.24) is 10.2 Å². The molecule has 2 aromatic rings. The number of nitrogens with zero attached hydrogens (tertiary/aromatic N) is 1. The molecule has 3 rings (SSSR count). The molecule has 1 aliphatic heterocycles. The van der Waals surface area contributed by atoms with Crippen LogP contribution >= 0.6 is 0 Å². The van der Waals surface area contributed by atoms with E-state index in [2.05, 4.69) is 10.2 Å². The molecular weight excluding hydrogens is 336 g/mol. The second kappa shape index (κ2) is 7.93. The molecule has 1 saturated heterocycles. The van der Waals surface area contributed by atoms with Crippen molar-refractivity contribution < 1.29 is 13.6 Å². The number of nitrogens with one attached hydrogen (secondary N) is 1. The average molecular weight is 359 g/mol. The van der Waals surface area contributed by atoms with Gasteiger partial charge in [0.25, 0.3) is 0 Å². The van der Waals surface area contributed by atoms with Gasteiger partial charge in [-0.3, -0.25) is 9.69 Å². The summed E-state index contributed by atoms with van der Waals surface area (Å²) in [5.74, 6) is -0.923. The smallest absolute Gasteiger partial charge is 0.217 e. The van der Waals surface area contributed by atoms with Gasteiger partial charge in [0, 0.05) is 26.1 Å². The van der Waals surface area contributed by atoms with E-state index in [1.54, 1.807) is 24.3 Å². The Labute approximate surface area is 152 Å². The molecule has 1 heterocycles. The van der Waals surface area contributed by atoms with Crippen molar-refractivity contribution in [1.29, 1.82) is 0 Å². The second-order valence-corrected chi connectivity index (χ2v) is 6.61. The number of rotatable bonds is 6. The van der Waals surface area contributed by atoms with Crippen LogP contribution in [0.1, 0.15) is 24.0 Å². The number of nitrogens with two attached hydrogens (primary N) is 1. The molecule has 0 unspecified atom stereocenters. The third-order valence-corrected chi connectivity index (χ3v) is 4.97. The zero-order valence-electron chi connectivity index (χ0n) is 14.6. The van der Waals surface area contributed by atoms with Crippen LogP contribution < -0.4 is 11.1 Å². The number of carbonyl (C=O) groups excluding carboxylic acids is 1. The lowest BCUT2D eigenvalue weighted by atomic mass is 9.79. The number of hydrogen-bond donors (Lipinski definition) is 2. The van der Waals surface area contributed by atoms with Crippen LogP contribution in [0.4, 0.5) is 8.78 Å². The molecule has 1 amide bonds. The summed E-state index contributed by atoms with van der Waals surface area (Å²) in [4.78, 5) is 13.4. The van der Waals surface area contributed by atoms with Crippen molar-refractivity contribution in [2.24, 2.45) is 5.73 Å². The Kier molecular flexibility index (Phi) is 5.64. The van der Waals surface area contributed by atoms with Gasteiger partial charge in [-0.1, -0.05) is 24.3 Å². The van der Waals surface area contributed by atoms with Crippen molar-refractivity contribution >= 4 is 5.91 Å². The van der Waals surface area contributed by atoms with Gasteiger partial charge in [0.2, 0.25) is 5.91 Å². The largest absolute Gasteiger partial charge is 0.370 e. The van der Waals surface area contributed by atoms with Gasteiger partial charge in [-0.25, -0.2) is 8.78 Å². The summed E-state index contributed by atoms with van der Waals surface area (Å²) in [5, 5.41) is 3.41. The van der Waals surface area contributed by atoms with E-state index in [4.69, 9.17) is 5.73 Å². The molecule has 0 radical (unpaired) electrons. The maximum atomic E-state index is 13.5. The Bertz CT molecular complexity index is 701. The fraction of sp³-hybridized carbons (Fsp3) is 0.350. The molecule has 3 N–H and O–H groups in total. The van der Waals surface area contributed by atoms with Gasteiger partial charge in [0.15, 0.2) is 0 Å². The van der Waals surface area contributed by atoms with Gasteiger partial charge in [0.05, 0.1) is 5.54 Å². The van der Waals surface area contributed by atoms with E-state index in [-0.39, 0.29) is 17.5 Å². The molecule has 4 nitrogen and oxygen atoms in total. The molecule has 2 aromatic carbocycles. The normalized spacial score (nSPS) is 17.2. The molecule has 1 fully saturated rings. The third kappa shape index (κ3) is 3.76. The van der Waals surface area contributed by atoms with Crippen LogP contribution in [0.3, 0.4) is 0 Å². The summed E-state index contributed by atoms with van der Waals surface area (Å²) in [5.41, 5.74) is 6.57. The lowest BCUT2D eigenvalue weighted by Crippen LogP contribution is -2.59. The van der Waals surface area contributed by atoms with Crippen LogP contribution in [-0.4, -0.2) is 37.0 Å². The van der Waals surface area contributed by atoms with Crippen LogP contribution in [0.15, 0.2) is 48.5 Å². The summed E-state index contributed by atoms with van der Waals surface area (Å²) in [6, 6.07) is 12.8. The van der Waals surface area contributed by atoms with Gasteiger partial charge >= 0.3 is 0 Å². The highest BCUT2D eigenvalue weighted by Gasteiger charge is 2.41. The van der Waals surface area contributed by atoms with E-state index in [1.807, 2.05) is 0 Å². The minimum atomic E-state index is -0.558. The standard InChI is InChI=1S/C20H23F2N3O/c21-17-7-3-15(4-8-17)20(16-5-9-18(22)10-6-16)14-24-11-13-25(20)12-1-2-19(23)26/h3-10,24H,1-2,11-14H2,(H2,23,26). The topological polar surface area (TPSA) is 58.4 Å². The number of hydrogen-bond acceptors (Lipinski definition) is 3. The van der Waals surface area contributed by atoms with Gasteiger partial charge in [-0.15, -0.1) is 0 Å². The van der Waals surface area contributed by atoms with Gasteiger partial charge in [0.1, 0.15) is 11.6 Å². The van der Waals surface area contributed by atoms with E-state index in [0.717, 1.165) is 24.2 Å². The fourth-order valence-corrected chi connectivity index (χ4v) is 3.72. The Morgan fingerprint density at radius 2 is 1.58 bits per heavy atom. The number of carbonyl (C=O) groups is 1. The van der Waals surface area contributed by atoms with Gasteiger partial charge in [-0.05, 0) is 48.4 Å². The highest BCUT2D eigenvalue weighted by Crippen LogP contribution is 2.37. The number of halogens is 2. The maximum Gasteiger partial charge on any atom is 0.217 e. The summed E-state index contributed by atoms with van der Waals surface area (Å²) < 4.78 is 27.0. The molecule has 138 valence electrons. The van der Waals surface area contributed by atoms with E-state index in [1.165, 1.54) is 24.3 Å². The van der Waals surface area contributed by atoms with Crippen LogP contribution in [-0.2, 0) is 10.3 Å². The molecule has 0 atom stereocenters. The first-order valence-electron chi connectivity index (χ1n) is 8.78. The van der Waals surface area contributed by atoms with E-state index in [9.17, 15) is 13.6 Å². The average Bonchev–Trinajstić information content (AvgIpc) is 2.63. The molecule has 0 spiro atoms. The summed E-state index contributed by atoms with van der Waals surface area (Å²) >= 11 is 0. The highest BCUT2D eigenvalue weighted by molar-refractivity contribution is 5.73. The first-order chi connectivity index (χ1) is 12.5. The Morgan fingerprint density at radius 1 is 1.04 bits per heavy atom. The molecule has 6 heteroatoms. The van der Waals surface area contributed by atoms with E-state index >= 15 is 0 Å². The number of amides is 1. The van der Waals surface area contributed by atoms with Crippen molar-refractivity contribution in [3.05, 3.63) is 71.3 Å². The number of benzene rings is 2. The SMILES string of the molecule is NC(=O)CCCN1CCNCC1(c1ccc(F)cc1)c1ccc(F)cc1. The van der Waals surface area contributed by atoms with Crippen LogP contribution in [0.5, 0.6) is 0 Å². The van der Waals surface area contributed by atoms with Crippen molar-refractivity contribution in [3.63, 3.8) is 0 Å². The quantitative estimate of drug-likeness (QED) is 0.833. The minimum absolute atomic E-state index is 0.299. The summed E-state index contributed by atoms with van der Waals surface area (Å²) in [7, 11) is 0. The minimum Gasteiger partial charge on any atom is -0.370 e. The van der Waals surface area contributed by atoms with Crippen LogP contribution in [0, 0.1) is 11.6 Å². The predicted octanol–water partition coefficient (Wildman–Crippen LogP) is 2.38. The second-order valence-electron chi connectivity index (χ2n) is 6.61. The van der Waals surface area contributed by atoms with Crippen LogP contribution in [0.25, 0.3) is 0 Å². The summed E-state index contributed by atoms with van der Waals surface area (Å²) in [6.45, 7) is 2.84. The Hall–Kier alpha value is -2.31. The number of piperazine rings is 1. The number of primary amides is 1. The van der Waals surface area contributed by atoms with Crippen molar-refractivity contribution in [2.45, 2.75) is 18.4 Å². The lowest BCUT2D eigenvalue weighted by molar-refractivity contribution is -0.118. The van der Waals surface area contributed by atoms with Gasteiger partial charge < -0.3 is 11.1 Å². The molecule has 1 aliphatic rings. The lowest BCUT2D eigenvalue weighted by Gasteiger charge is -2.48. The monoisotopic (exact) mass is 359 g/mol. The third-order valence-electron chi connectivity index (χ3n) is 4.97. The first kappa shape index (κ1) is 18.5. The predicted molar refractivity (Wildman–Crippen MR) is 96.5 cm³/mol. The van der Waals surface area contributed by atoms with E-state index < -0.39 is 5.54 Å². The molecule has 0 bridgehead atoms. The molecule has 0 aliphatic carbocycles. The van der Waals surface area contributed by atoms with Gasteiger partial charge in [-0.2, -0.15) is 0 Å². The zero-order valence-corrected chi connectivity index (χ0v) is 14.6. The molecular formula is C20H23F2N3O. The molecule has 0 aromatic heterocycles. The first-order valence-corrected chi connectivity index (χ1v) is 8.78. The highest BCUT2D eigenvalue weighted by atomic mass is 19.1. The Morgan fingerprint density at radius 3 is 2.08 bits per heavy atom. The van der Waals surface area contributed by atoms with Crippen molar-refractivity contribution in [3.8, 4) is 0 Å². The fourth-order valence-electron chi connectivity index (χ4n) is 3.72. The van der Waals surface area contributed by atoms with E-state index in [0.29, 0.717) is 25.9 Å². The van der Waals surface area contributed by atoms with Crippen LogP contribution in [0.2, 0.25) is 0 Å². The molecule has 26 heavy (non-hydrogen) atoms. The summed E-state index contributed by atoms with van der Waals surface area (Å²) in [6.07, 6.45) is 0.951. The molecule has 0 saturated carbocycles. The van der Waals surface area contributed by atoms with Crippen molar-refractivity contribution in [2.75, 3.05) is 26.2 Å².